The molecule has 0 aliphatic heterocycles. The van der Waals surface area contributed by atoms with Gasteiger partial charge in [-0.1, -0.05) is 23.5 Å². The number of nitrogens with one attached hydrogen (secondary N) is 1. The summed E-state index contributed by atoms with van der Waals surface area (Å²) in [6, 6.07) is 6.73. The second-order valence-corrected chi connectivity index (χ2v) is 5.96. The van der Waals surface area contributed by atoms with Gasteiger partial charge >= 0.3 is 6.18 Å². The number of nitrogens with zero attached hydrogens (tertiary/aromatic N) is 4. The Bertz CT molecular complexity index is 905. The molecule has 0 aliphatic rings. The number of fused-ring (bicyclic) bond motifs is 1. The lowest BCUT2D eigenvalue weighted by atomic mass is 10.2. The molecular weight excluding hydrogens is 359 g/mol. The number of amides is 1. The van der Waals surface area contributed by atoms with E-state index in [9.17, 15) is 18.0 Å². The Morgan fingerprint density at radius 2 is 2.08 bits per heavy atom. The van der Waals surface area contributed by atoms with Crippen LogP contribution in [0.1, 0.15) is 21.2 Å². The molecule has 0 radical (unpaired) electrons. The Hall–Kier alpha value is -2.69. The van der Waals surface area contributed by atoms with Crippen LogP contribution in [0.3, 0.4) is 0 Å². The number of alkyl halides is 3. The summed E-state index contributed by atoms with van der Waals surface area (Å²) in [5, 5.41) is 13.5. The van der Waals surface area contributed by atoms with E-state index < -0.39 is 12.0 Å². The number of halogens is 3. The molecule has 2 heterocycles. The molecule has 0 spiro atoms. The van der Waals surface area contributed by atoms with Crippen LogP contribution in [0, 0.1) is 0 Å². The molecule has 11 heteroatoms. The van der Waals surface area contributed by atoms with Crippen molar-refractivity contribution in [1.82, 2.24) is 25.1 Å². The van der Waals surface area contributed by atoms with Crippen LogP contribution in [-0.4, -0.2) is 39.4 Å². The monoisotopic (exact) mass is 371 g/mol. The molecule has 0 fully saturated rings. The van der Waals surface area contributed by atoms with Gasteiger partial charge in [-0.05, 0) is 12.1 Å². The van der Waals surface area contributed by atoms with Crippen LogP contribution in [0.4, 0.5) is 13.2 Å². The fourth-order valence-electron chi connectivity index (χ4n) is 2.14. The van der Waals surface area contributed by atoms with E-state index in [2.05, 4.69) is 20.6 Å². The van der Waals surface area contributed by atoms with E-state index in [1.165, 1.54) is 7.11 Å². The lowest BCUT2D eigenvalue weighted by Gasteiger charge is -2.08. The summed E-state index contributed by atoms with van der Waals surface area (Å²) in [6.45, 7) is 0.211. The maximum absolute atomic E-state index is 12.7. The standard InChI is InChI=1S/C14H12F3N5O2S/c1-24-9-5-3-2-4-8(9)11(23)18-7-6-10-21-22-12(14(15,16)17)19-20-13(22)25-10/h2-5H,6-7H2,1H3,(H,18,23). The molecule has 1 amide bonds. The summed E-state index contributed by atoms with van der Waals surface area (Å²) in [5.74, 6) is -1.06. The summed E-state index contributed by atoms with van der Waals surface area (Å²) < 4.78 is 44.0. The zero-order valence-corrected chi connectivity index (χ0v) is 13.7. The Balaban J connectivity index is 1.65. The van der Waals surface area contributed by atoms with Crippen molar-refractivity contribution in [1.29, 1.82) is 0 Å². The normalized spacial score (nSPS) is 11.7. The Labute approximate surface area is 143 Å². The van der Waals surface area contributed by atoms with Crippen molar-refractivity contribution in [2.45, 2.75) is 12.6 Å². The molecule has 0 saturated carbocycles. The van der Waals surface area contributed by atoms with Crippen LogP contribution in [0.5, 0.6) is 5.75 Å². The molecule has 0 atom stereocenters. The third kappa shape index (κ3) is 3.55. The number of aromatic nitrogens is 4. The maximum Gasteiger partial charge on any atom is 0.453 e. The SMILES string of the molecule is COc1ccccc1C(=O)NCCc1nn2c(C(F)(F)F)nnc2s1. The van der Waals surface area contributed by atoms with E-state index in [4.69, 9.17) is 4.74 Å². The smallest absolute Gasteiger partial charge is 0.453 e. The highest BCUT2D eigenvalue weighted by molar-refractivity contribution is 7.16. The summed E-state index contributed by atoms with van der Waals surface area (Å²) >= 11 is 0.992. The Kier molecular flexibility index (Phi) is 4.57. The lowest BCUT2D eigenvalue weighted by Crippen LogP contribution is -2.26. The highest BCUT2D eigenvalue weighted by Gasteiger charge is 2.38. The first-order chi connectivity index (χ1) is 11.9. The van der Waals surface area contributed by atoms with Gasteiger partial charge in [0.1, 0.15) is 10.8 Å². The van der Waals surface area contributed by atoms with Gasteiger partial charge < -0.3 is 10.1 Å². The number of hydrogen-bond acceptors (Lipinski definition) is 6. The van der Waals surface area contributed by atoms with Crippen molar-refractivity contribution < 1.29 is 22.7 Å². The Morgan fingerprint density at radius 3 is 2.80 bits per heavy atom. The third-order valence-corrected chi connectivity index (χ3v) is 4.22. The first-order valence-corrected chi connectivity index (χ1v) is 7.91. The van der Waals surface area contributed by atoms with E-state index in [1.54, 1.807) is 24.3 Å². The molecule has 0 aliphatic carbocycles. The number of ether oxygens (including phenoxy) is 1. The minimum absolute atomic E-state index is 0.0541. The number of methoxy groups -OCH3 is 1. The van der Waals surface area contributed by atoms with Gasteiger partial charge in [-0.25, -0.2) is 0 Å². The summed E-state index contributed by atoms with van der Waals surface area (Å²) in [7, 11) is 1.46. The molecule has 3 rings (SSSR count). The highest BCUT2D eigenvalue weighted by atomic mass is 32.1. The lowest BCUT2D eigenvalue weighted by molar-refractivity contribution is -0.146. The fraction of sp³-hybridized carbons (Fsp3) is 0.286. The number of benzene rings is 1. The molecule has 1 aromatic carbocycles. The van der Waals surface area contributed by atoms with Crippen LogP contribution in [0.25, 0.3) is 4.96 Å². The topological polar surface area (TPSA) is 81.4 Å². The van der Waals surface area contributed by atoms with Crippen molar-refractivity contribution >= 4 is 22.2 Å². The summed E-state index contributed by atoms with van der Waals surface area (Å²) in [6.07, 6.45) is -4.35. The zero-order chi connectivity index (χ0) is 18.0. The van der Waals surface area contributed by atoms with Crippen molar-refractivity contribution in [3.05, 3.63) is 40.7 Å². The predicted octanol–water partition coefficient (Wildman–Crippen LogP) is 2.19. The van der Waals surface area contributed by atoms with Crippen LogP contribution in [-0.2, 0) is 12.6 Å². The minimum atomic E-state index is -4.62. The molecular formula is C14H12F3N5O2S. The van der Waals surface area contributed by atoms with Crippen molar-refractivity contribution in [3.63, 3.8) is 0 Å². The first-order valence-electron chi connectivity index (χ1n) is 7.09. The van der Waals surface area contributed by atoms with E-state index in [0.29, 0.717) is 20.8 Å². The number of para-hydroxylation sites is 1. The number of carbonyl (C=O) groups is 1. The summed E-state index contributed by atoms with van der Waals surface area (Å²) in [5.41, 5.74) is 0.377. The van der Waals surface area contributed by atoms with Gasteiger partial charge in [-0.3, -0.25) is 4.79 Å². The van der Waals surface area contributed by atoms with Crippen molar-refractivity contribution in [2.24, 2.45) is 0 Å². The zero-order valence-electron chi connectivity index (χ0n) is 12.9. The van der Waals surface area contributed by atoms with Crippen LogP contribution < -0.4 is 10.1 Å². The number of hydrogen-bond donors (Lipinski definition) is 1. The van der Waals surface area contributed by atoms with Gasteiger partial charge in [-0.2, -0.15) is 22.8 Å². The second-order valence-electron chi connectivity index (χ2n) is 4.92. The maximum atomic E-state index is 12.7. The average Bonchev–Trinajstić information content (AvgIpc) is 3.13. The highest BCUT2D eigenvalue weighted by Crippen LogP contribution is 2.29. The molecule has 132 valence electrons. The average molecular weight is 371 g/mol. The van der Waals surface area contributed by atoms with Gasteiger partial charge in [-0.15, -0.1) is 10.2 Å². The van der Waals surface area contributed by atoms with Crippen molar-refractivity contribution in [3.8, 4) is 5.75 Å². The molecule has 25 heavy (non-hydrogen) atoms. The van der Waals surface area contributed by atoms with Crippen LogP contribution >= 0.6 is 11.3 Å². The Morgan fingerprint density at radius 1 is 1.32 bits per heavy atom. The van der Waals surface area contributed by atoms with Gasteiger partial charge in [0.2, 0.25) is 4.96 Å². The van der Waals surface area contributed by atoms with Crippen molar-refractivity contribution in [2.75, 3.05) is 13.7 Å². The number of carbonyl (C=O) groups excluding carboxylic acids is 1. The third-order valence-electron chi connectivity index (χ3n) is 3.26. The van der Waals surface area contributed by atoms with E-state index in [0.717, 1.165) is 11.3 Å². The van der Waals surface area contributed by atoms with Gasteiger partial charge in [0.05, 0.1) is 12.7 Å². The van der Waals surface area contributed by atoms with Crippen LogP contribution in [0.15, 0.2) is 24.3 Å². The minimum Gasteiger partial charge on any atom is -0.496 e. The van der Waals surface area contributed by atoms with Gasteiger partial charge in [0, 0.05) is 13.0 Å². The second kappa shape index (κ2) is 6.67. The predicted molar refractivity (Wildman–Crippen MR) is 82.7 cm³/mol. The first kappa shape index (κ1) is 17.1. The van der Waals surface area contributed by atoms with Gasteiger partial charge in [0.25, 0.3) is 11.7 Å². The summed E-state index contributed by atoms with van der Waals surface area (Å²) in [4.78, 5) is 12.2. The number of rotatable bonds is 5. The van der Waals surface area contributed by atoms with E-state index in [1.807, 2.05) is 0 Å². The molecule has 7 nitrogen and oxygen atoms in total. The van der Waals surface area contributed by atoms with Crippen LogP contribution in [0.2, 0.25) is 0 Å². The quantitative estimate of drug-likeness (QED) is 0.744. The van der Waals surface area contributed by atoms with E-state index in [-0.39, 0.29) is 23.8 Å². The molecule has 0 bridgehead atoms. The molecule has 0 unspecified atom stereocenters. The largest absolute Gasteiger partial charge is 0.496 e. The fourth-order valence-corrected chi connectivity index (χ4v) is 2.98. The van der Waals surface area contributed by atoms with E-state index >= 15 is 0 Å². The molecule has 1 N–H and O–H groups in total. The molecule has 0 saturated heterocycles. The van der Waals surface area contributed by atoms with Gasteiger partial charge in [0.15, 0.2) is 0 Å². The molecule has 3 aromatic rings. The molecule has 2 aromatic heterocycles.